The molecule has 0 aromatic heterocycles. The first-order chi connectivity index (χ1) is 15.1. The number of halogens is 3. The Balaban J connectivity index is 2.03. The van der Waals surface area contributed by atoms with Crippen molar-refractivity contribution >= 4 is 27.1 Å². The SMILES string of the molecule is C/C(=N\N(Cc1ccccc1)c1ccccc1)c1cc(C)ccc1NS(=O)(=O)C(F)(F)F. The molecule has 3 aromatic rings. The third-order valence-corrected chi connectivity index (χ3v) is 5.71. The molecule has 0 heterocycles. The number of aryl methyl sites for hydroxylation is 1. The summed E-state index contributed by atoms with van der Waals surface area (Å²) >= 11 is 0. The van der Waals surface area contributed by atoms with Gasteiger partial charge in [0.1, 0.15) is 0 Å². The van der Waals surface area contributed by atoms with Crippen LogP contribution >= 0.6 is 0 Å². The number of benzene rings is 3. The van der Waals surface area contributed by atoms with Gasteiger partial charge >= 0.3 is 15.5 Å². The Morgan fingerprint density at radius 1 is 0.969 bits per heavy atom. The molecule has 0 spiro atoms. The molecule has 0 saturated carbocycles. The minimum Gasteiger partial charge on any atom is -0.275 e. The number of sulfonamides is 1. The van der Waals surface area contributed by atoms with Gasteiger partial charge in [0, 0.05) is 5.56 Å². The number of alkyl halides is 3. The van der Waals surface area contributed by atoms with Crippen molar-refractivity contribution in [2.75, 3.05) is 9.73 Å². The summed E-state index contributed by atoms with van der Waals surface area (Å²) in [6.07, 6.45) is 0. The summed E-state index contributed by atoms with van der Waals surface area (Å²) in [5.41, 5.74) is -2.50. The van der Waals surface area contributed by atoms with Crippen molar-refractivity contribution in [3.8, 4) is 0 Å². The molecule has 9 heteroatoms. The van der Waals surface area contributed by atoms with Gasteiger partial charge in [0.05, 0.1) is 23.6 Å². The first-order valence-corrected chi connectivity index (χ1v) is 11.2. The van der Waals surface area contributed by atoms with Crippen LogP contribution in [0.25, 0.3) is 0 Å². The number of anilines is 2. The molecule has 1 N–H and O–H groups in total. The average Bonchev–Trinajstić information content (AvgIpc) is 2.75. The summed E-state index contributed by atoms with van der Waals surface area (Å²) in [4.78, 5) is 0. The van der Waals surface area contributed by atoms with Crippen LogP contribution in [-0.2, 0) is 16.6 Å². The van der Waals surface area contributed by atoms with E-state index in [1.54, 1.807) is 29.6 Å². The number of rotatable bonds is 7. The Morgan fingerprint density at radius 2 is 1.56 bits per heavy atom. The van der Waals surface area contributed by atoms with Crippen molar-refractivity contribution in [2.45, 2.75) is 25.9 Å². The summed E-state index contributed by atoms with van der Waals surface area (Å²) in [5, 5.41) is 6.36. The lowest BCUT2D eigenvalue weighted by atomic mass is 10.1. The monoisotopic (exact) mass is 461 g/mol. The molecular formula is C23H22F3N3O2S. The zero-order valence-electron chi connectivity index (χ0n) is 17.5. The van der Waals surface area contributed by atoms with Crippen molar-refractivity contribution in [2.24, 2.45) is 5.10 Å². The maximum absolute atomic E-state index is 12.9. The van der Waals surface area contributed by atoms with Crippen LogP contribution in [0.5, 0.6) is 0 Å². The standard InChI is InChI=1S/C23H22F3N3O2S/c1-17-13-14-22(28-32(30,31)23(24,25)26)21(15-17)18(2)27-29(20-11-7-4-8-12-20)16-19-9-5-3-6-10-19/h3-15,28H,16H2,1-2H3/b27-18+. The van der Waals surface area contributed by atoms with Crippen LogP contribution in [0.15, 0.2) is 84.0 Å². The van der Waals surface area contributed by atoms with Gasteiger partial charge in [-0.25, -0.2) is 0 Å². The third-order valence-electron chi connectivity index (χ3n) is 4.61. The summed E-state index contributed by atoms with van der Waals surface area (Å²) in [5.74, 6) is 0. The molecule has 0 aliphatic heterocycles. The Kier molecular flexibility index (Phi) is 6.88. The van der Waals surface area contributed by atoms with Crippen LogP contribution in [0, 0.1) is 6.92 Å². The van der Waals surface area contributed by atoms with E-state index in [9.17, 15) is 21.6 Å². The van der Waals surface area contributed by atoms with Crippen LogP contribution in [0.4, 0.5) is 24.5 Å². The molecule has 5 nitrogen and oxygen atoms in total. The fourth-order valence-electron chi connectivity index (χ4n) is 3.02. The summed E-state index contributed by atoms with van der Waals surface area (Å²) in [7, 11) is -5.57. The first kappa shape index (κ1) is 23.3. The lowest BCUT2D eigenvalue weighted by Crippen LogP contribution is -2.30. The highest BCUT2D eigenvalue weighted by atomic mass is 32.2. The number of hydrogen-bond acceptors (Lipinski definition) is 4. The molecule has 0 bridgehead atoms. The van der Waals surface area contributed by atoms with Gasteiger partial charge in [-0.2, -0.15) is 26.7 Å². The minimum absolute atomic E-state index is 0.193. The van der Waals surface area contributed by atoms with Crippen molar-refractivity contribution in [1.29, 1.82) is 0 Å². The van der Waals surface area contributed by atoms with Crippen molar-refractivity contribution in [1.82, 2.24) is 0 Å². The molecule has 168 valence electrons. The van der Waals surface area contributed by atoms with E-state index in [0.717, 1.165) is 16.8 Å². The van der Waals surface area contributed by atoms with Gasteiger partial charge in [-0.05, 0) is 43.7 Å². The second-order valence-corrected chi connectivity index (χ2v) is 8.84. The number of para-hydroxylation sites is 1. The Hall–Kier alpha value is -3.33. The summed E-state index contributed by atoms with van der Waals surface area (Å²) in [6, 6.07) is 23.3. The van der Waals surface area contributed by atoms with E-state index < -0.39 is 15.5 Å². The molecule has 0 fully saturated rings. The van der Waals surface area contributed by atoms with Gasteiger partial charge in [0.25, 0.3) is 0 Å². The molecule has 0 amide bonds. The number of hydrogen-bond donors (Lipinski definition) is 1. The van der Waals surface area contributed by atoms with Crippen LogP contribution in [0.2, 0.25) is 0 Å². The van der Waals surface area contributed by atoms with Crippen LogP contribution in [0.1, 0.15) is 23.6 Å². The molecule has 0 radical (unpaired) electrons. The highest BCUT2D eigenvalue weighted by Crippen LogP contribution is 2.28. The van der Waals surface area contributed by atoms with Crippen LogP contribution in [-0.4, -0.2) is 19.6 Å². The fourth-order valence-corrected chi connectivity index (χ4v) is 3.61. The average molecular weight is 462 g/mol. The number of nitrogens with zero attached hydrogens (tertiary/aromatic N) is 2. The molecule has 0 aliphatic rings. The summed E-state index contributed by atoms with van der Waals surface area (Å²) in [6.45, 7) is 3.80. The highest BCUT2D eigenvalue weighted by molar-refractivity contribution is 7.93. The van der Waals surface area contributed by atoms with Gasteiger partial charge in [0.2, 0.25) is 0 Å². The first-order valence-electron chi connectivity index (χ1n) is 9.68. The maximum Gasteiger partial charge on any atom is 0.516 e. The predicted molar refractivity (Wildman–Crippen MR) is 121 cm³/mol. The molecule has 0 aliphatic carbocycles. The van der Waals surface area contributed by atoms with Crippen molar-refractivity contribution in [3.63, 3.8) is 0 Å². The van der Waals surface area contributed by atoms with Gasteiger partial charge in [0.15, 0.2) is 0 Å². The summed E-state index contributed by atoms with van der Waals surface area (Å²) < 4.78 is 63.8. The molecule has 3 aromatic carbocycles. The van der Waals surface area contributed by atoms with Crippen LogP contribution in [0.3, 0.4) is 0 Å². The smallest absolute Gasteiger partial charge is 0.275 e. The third kappa shape index (κ3) is 5.67. The van der Waals surface area contributed by atoms with E-state index in [-0.39, 0.29) is 11.3 Å². The van der Waals surface area contributed by atoms with E-state index in [0.29, 0.717) is 12.3 Å². The highest BCUT2D eigenvalue weighted by Gasteiger charge is 2.46. The Labute approximate surface area is 185 Å². The predicted octanol–water partition coefficient (Wildman–Crippen LogP) is 5.69. The normalized spacial score (nSPS) is 12.5. The quantitative estimate of drug-likeness (QED) is 0.363. The molecule has 3 rings (SSSR count). The minimum atomic E-state index is -5.57. The van der Waals surface area contributed by atoms with E-state index in [4.69, 9.17) is 0 Å². The molecule has 0 unspecified atom stereocenters. The van der Waals surface area contributed by atoms with Gasteiger partial charge in [-0.3, -0.25) is 9.73 Å². The van der Waals surface area contributed by atoms with Crippen LogP contribution < -0.4 is 9.73 Å². The topological polar surface area (TPSA) is 61.8 Å². The van der Waals surface area contributed by atoms with Crippen molar-refractivity contribution in [3.05, 3.63) is 95.6 Å². The lowest BCUT2D eigenvalue weighted by Gasteiger charge is -2.22. The fraction of sp³-hybridized carbons (Fsp3) is 0.174. The van der Waals surface area contributed by atoms with E-state index in [1.165, 1.54) is 12.1 Å². The zero-order valence-corrected chi connectivity index (χ0v) is 18.3. The Bertz CT molecular complexity index is 1200. The maximum atomic E-state index is 12.9. The van der Waals surface area contributed by atoms with Gasteiger partial charge < -0.3 is 0 Å². The zero-order chi connectivity index (χ0) is 23.4. The second kappa shape index (κ2) is 9.44. The molecule has 32 heavy (non-hydrogen) atoms. The van der Waals surface area contributed by atoms with Gasteiger partial charge in [-0.15, -0.1) is 0 Å². The molecule has 0 atom stereocenters. The molecule has 0 saturated heterocycles. The number of nitrogens with one attached hydrogen (secondary N) is 1. The second-order valence-electron chi connectivity index (χ2n) is 7.16. The van der Waals surface area contributed by atoms with Gasteiger partial charge in [-0.1, -0.05) is 60.2 Å². The van der Waals surface area contributed by atoms with E-state index in [1.807, 2.05) is 60.7 Å². The number of hydrazone groups is 1. The Morgan fingerprint density at radius 3 is 2.16 bits per heavy atom. The van der Waals surface area contributed by atoms with E-state index in [2.05, 4.69) is 5.10 Å². The van der Waals surface area contributed by atoms with E-state index >= 15 is 0 Å². The molecular weight excluding hydrogens is 439 g/mol. The van der Waals surface area contributed by atoms with Crippen molar-refractivity contribution < 1.29 is 21.6 Å². The lowest BCUT2D eigenvalue weighted by molar-refractivity contribution is -0.0429. The largest absolute Gasteiger partial charge is 0.516 e.